The highest BCUT2D eigenvalue weighted by Crippen LogP contribution is 2.37. The monoisotopic (exact) mass is 241 g/mol. The summed E-state index contributed by atoms with van der Waals surface area (Å²) in [7, 11) is 0. The summed E-state index contributed by atoms with van der Waals surface area (Å²) in [5.74, 6) is 3.34. The van der Waals surface area contributed by atoms with Crippen LogP contribution in [0.5, 0.6) is 17.2 Å². The van der Waals surface area contributed by atoms with Crippen molar-refractivity contribution in [3.8, 4) is 17.2 Å². The third-order valence-electron chi connectivity index (χ3n) is 2.23. The summed E-state index contributed by atoms with van der Waals surface area (Å²) in [5.41, 5.74) is 5.56. The Morgan fingerprint density at radius 2 is 1.94 bits per heavy atom. The lowest BCUT2D eigenvalue weighted by Gasteiger charge is -2.19. The van der Waals surface area contributed by atoms with Gasteiger partial charge in [0.05, 0.1) is 12.6 Å². The van der Waals surface area contributed by atoms with E-state index in [1.54, 1.807) is 0 Å². The molecule has 7 nitrogen and oxygen atoms in total. The number of nitrogens with two attached hydrogens (primary N) is 2. The highest BCUT2D eigenvalue weighted by molar-refractivity contribution is 5.80. The molecule has 0 aliphatic heterocycles. The topological polar surface area (TPSA) is 133 Å². The maximum absolute atomic E-state index is 11.4. The van der Waals surface area contributed by atoms with Gasteiger partial charge in [0.1, 0.15) is 0 Å². The molecule has 0 saturated heterocycles. The molecule has 0 aliphatic rings. The number of benzene rings is 1. The van der Waals surface area contributed by atoms with Crippen LogP contribution in [-0.2, 0) is 11.3 Å². The molecule has 94 valence electrons. The third kappa shape index (κ3) is 2.77. The van der Waals surface area contributed by atoms with Crippen LogP contribution in [0.2, 0.25) is 0 Å². The highest BCUT2D eigenvalue weighted by atomic mass is 16.3. The Balaban J connectivity index is 2.90. The van der Waals surface area contributed by atoms with Crippen molar-refractivity contribution in [2.24, 2.45) is 11.6 Å². The number of rotatable bonds is 3. The van der Waals surface area contributed by atoms with Gasteiger partial charge in [-0.05, 0) is 19.1 Å². The standard InChI is InChI=1S/C10H15N3O4/c1-5(11)10(17)13(12)4-6-2-3-7(14)9(16)8(6)15/h2-3,5,14-16H,4,11-12H2,1H3/t5-/m0/s1. The van der Waals surface area contributed by atoms with Crippen LogP contribution in [0, 0.1) is 0 Å². The second-order valence-electron chi connectivity index (χ2n) is 3.70. The summed E-state index contributed by atoms with van der Waals surface area (Å²) < 4.78 is 0. The first kappa shape index (κ1) is 13.1. The molecule has 1 amide bonds. The van der Waals surface area contributed by atoms with Gasteiger partial charge in [-0.15, -0.1) is 0 Å². The number of hydrogen-bond donors (Lipinski definition) is 5. The first-order valence-electron chi connectivity index (χ1n) is 4.89. The minimum atomic E-state index is -0.757. The summed E-state index contributed by atoms with van der Waals surface area (Å²) in [6, 6.07) is 1.78. The van der Waals surface area contributed by atoms with E-state index in [-0.39, 0.29) is 12.1 Å². The van der Waals surface area contributed by atoms with Gasteiger partial charge in [0, 0.05) is 5.56 Å². The van der Waals surface area contributed by atoms with Crippen molar-refractivity contribution in [2.45, 2.75) is 19.5 Å². The second-order valence-corrected chi connectivity index (χ2v) is 3.70. The Morgan fingerprint density at radius 3 is 2.47 bits per heavy atom. The normalized spacial score (nSPS) is 12.2. The number of aromatic hydroxyl groups is 3. The van der Waals surface area contributed by atoms with E-state index in [4.69, 9.17) is 16.7 Å². The lowest BCUT2D eigenvalue weighted by Crippen LogP contribution is -2.45. The molecule has 7 N–H and O–H groups in total. The van der Waals surface area contributed by atoms with E-state index in [0.29, 0.717) is 0 Å². The summed E-state index contributed by atoms with van der Waals surface area (Å²) in [5, 5.41) is 28.7. The average molecular weight is 241 g/mol. The maximum Gasteiger partial charge on any atom is 0.253 e. The fraction of sp³-hybridized carbons (Fsp3) is 0.300. The molecular weight excluding hydrogens is 226 g/mol. The lowest BCUT2D eigenvalue weighted by atomic mass is 10.1. The zero-order valence-electron chi connectivity index (χ0n) is 9.29. The van der Waals surface area contributed by atoms with Gasteiger partial charge in [0.2, 0.25) is 5.75 Å². The van der Waals surface area contributed by atoms with Crippen LogP contribution in [0.4, 0.5) is 0 Å². The fourth-order valence-electron chi connectivity index (χ4n) is 1.26. The van der Waals surface area contributed by atoms with E-state index < -0.39 is 29.2 Å². The van der Waals surface area contributed by atoms with E-state index in [2.05, 4.69) is 0 Å². The first-order chi connectivity index (χ1) is 7.84. The minimum Gasteiger partial charge on any atom is -0.504 e. The smallest absolute Gasteiger partial charge is 0.253 e. The van der Waals surface area contributed by atoms with Crippen LogP contribution in [0.3, 0.4) is 0 Å². The lowest BCUT2D eigenvalue weighted by molar-refractivity contribution is -0.133. The Morgan fingerprint density at radius 1 is 1.35 bits per heavy atom. The summed E-state index contributed by atoms with van der Waals surface area (Å²) in [6.45, 7) is 1.36. The van der Waals surface area contributed by atoms with Crippen molar-refractivity contribution < 1.29 is 20.1 Å². The van der Waals surface area contributed by atoms with Crippen LogP contribution in [0.1, 0.15) is 12.5 Å². The van der Waals surface area contributed by atoms with Crippen molar-refractivity contribution in [3.63, 3.8) is 0 Å². The molecule has 0 saturated carbocycles. The van der Waals surface area contributed by atoms with Crippen molar-refractivity contribution >= 4 is 5.91 Å². The number of amides is 1. The summed E-state index contributed by atoms with van der Waals surface area (Å²) in [4.78, 5) is 11.4. The van der Waals surface area contributed by atoms with Gasteiger partial charge in [0.15, 0.2) is 11.5 Å². The number of phenols is 3. The predicted octanol–water partition coefficient (Wildman–Crippen LogP) is -0.647. The number of phenolic OH excluding ortho intramolecular Hbond substituents is 3. The third-order valence-corrected chi connectivity index (χ3v) is 2.23. The molecule has 1 aromatic rings. The Hall–Kier alpha value is -1.99. The number of nitrogens with zero attached hydrogens (tertiary/aromatic N) is 1. The molecule has 0 unspecified atom stereocenters. The molecule has 1 aromatic carbocycles. The van der Waals surface area contributed by atoms with E-state index in [0.717, 1.165) is 5.01 Å². The van der Waals surface area contributed by atoms with Crippen molar-refractivity contribution in [2.75, 3.05) is 0 Å². The number of carbonyl (C=O) groups is 1. The molecule has 0 radical (unpaired) electrons. The van der Waals surface area contributed by atoms with Gasteiger partial charge < -0.3 is 21.1 Å². The first-order valence-corrected chi connectivity index (χ1v) is 4.89. The van der Waals surface area contributed by atoms with E-state index in [1.807, 2.05) is 0 Å². The van der Waals surface area contributed by atoms with Crippen LogP contribution < -0.4 is 11.6 Å². The zero-order chi connectivity index (χ0) is 13.2. The summed E-state index contributed by atoms with van der Waals surface area (Å²) in [6.07, 6.45) is 0. The van der Waals surface area contributed by atoms with Crippen LogP contribution in [0.15, 0.2) is 12.1 Å². The molecule has 0 aromatic heterocycles. The molecule has 7 heteroatoms. The van der Waals surface area contributed by atoms with Gasteiger partial charge in [-0.1, -0.05) is 0 Å². The van der Waals surface area contributed by atoms with Gasteiger partial charge >= 0.3 is 0 Å². The Labute approximate surface area is 97.8 Å². The zero-order valence-corrected chi connectivity index (χ0v) is 9.29. The Bertz CT molecular complexity index is 434. The maximum atomic E-state index is 11.4. The molecular formula is C10H15N3O4. The van der Waals surface area contributed by atoms with Crippen molar-refractivity contribution in [1.29, 1.82) is 0 Å². The van der Waals surface area contributed by atoms with E-state index in [9.17, 15) is 15.0 Å². The van der Waals surface area contributed by atoms with E-state index in [1.165, 1.54) is 19.1 Å². The molecule has 1 rings (SSSR count). The number of hydrogen-bond acceptors (Lipinski definition) is 6. The highest BCUT2D eigenvalue weighted by Gasteiger charge is 2.18. The van der Waals surface area contributed by atoms with Crippen LogP contribution in [-0.4, -0.2) is 32.3 Å². The largest absolute Gasteiger partial charge is 0.504 e. The predicted molar refractivity (Wildman–Crippen MR) is 59.8 cm³/mol. The van der Waals surface area contributed by atoms with Crippen LogP contribution in [0.25, 0.3) is 0 Å². The Kier molecular flexibility index (Phi) is 3.77. The number of carbonyl (C=O) groups excluding carboxylic acids is 1. The fourth-order valence-corrected chi connectivity index (χ4v) is 1.26. The van der Waals surface area contributed by atoms with Gasteiger partial charge in [-0.25, -0.2) is 5.84 Å². The molecule has 0 heterocycles. The molecule has 1 atom stereocenters. The van der Waals surface area contributed by atoms with E-state index >= 15 is 0 Å². The SMILES string of the molecule is C[C@H](N)C(=O)N(N)Cc1ccc(O)c(O)c1O. The molecule has 17 heavy (non-hydrogen) atoms. The van der Waals surface area contributed by atoms with Gasteiger partial charge in [0.25, 0.3) is 5.91 Å². The molecule has 0 fully saturated rings. The number of hydrazine groups is 1. The quantitative estimate of drug-likeness (QED) is 0.207. The molecule has 0 aliphatic carbocycles. The van der Waals surface area contributed by atoms with Gasteiger partial charge in [-0.3, -0.25) is 9.80 Å². The molecule has 0 bridgehead atoms. The average Bonchev–Trinajstić information content (AvgIpc) is 2.28. The van der Waals surface area contributed by atoms with Crippen molar-refractivity contribution in [1.82, 2.24) is 5.01 Å². The van der Waals surface area contributed by atoms with Gasteiger partial charge in [-0.2, -0.15) is 0 Å². The minimum absolute atomic E-state index is 0.125. The molecule has 0 spiro atoms. The van der Waals surface area contributed by atoms with Crippen LogP contribution >= 0.6 is 0 Å². The summed E-state index contributed by atoms with van der Waals surface area (Å²) >= 11 is 0. The second kappa shape index (κ2) is 4.89. The van der Waals surface area contributed by atoms with Crippen molar-refractivity contribution in [3.05, 3.63) is 17.7 Å².